The minimum Gasteiger partial charge on any atom is -0.462 e. The van der Waals surface area contributed by atoms with Crippen molar-refractivity contribution in [2.45, 2.75) is 13.8 Å². The molecule has 134 valence electrons. The quantitative estimate of drug-likeness (QED) is 0.575. The van der Waals surface area contributed by atoms with Crippen molar-refractivity contribution < 1.29 is 14.3 Å². The molecule has 2 heterocycles. The van der Waals surface area contributed by atoms with Gasteiger partial charge >= 0.3 is 5.97 Å². The average Bonchev–Trinajstić information content (AvgIpc) is 3.15. The number of esters is 1. The molecule has 1 aliphatic heterocycles. The maximum absolute atomic E-state index is 12.4. The lowest BCUT2D eigenvalue weighted by molar-refractivity contribution is -0.121. The lowest BCUT2D eigenvalue weighted by atomic mass is 10.2. The molecule has 0 spiro atoms. The van der Waals surface area contributed by atoms with E-state index in [9.17, 15) is 9.59 Å². The number of aliphatic imine (C=N–C) groups is 1. The second kappa shape index (κ2) is 7.88. The van der Waals surface area contributed by atoms with Crippen LogP contribution in [0.4, 0.5) is 5.69 Å². The molecule has 0 saturated carbocycles. The van der Waals surface area contributed by atoms with E-state index in [1.807, 2.05) is 25.1 Å². The van der Waals surface area contributed by atoms with Crippen LogP contribution in [0.25, 0.3) is 6.08 Å². The summed E-state index contributed by atoms with van der Waals surface area (Å²) in [7, 11) is 1.71. The van der Waals surface area contributed by atoms with E-state index in [2.05, 4.69) is 4.99 Å². The molecule has 7 heteroatoms. The molecule has 0 unspecified atom stereocenters. The smallest absolute Gasteiger partial charge is 0.338 e. The Kier molecular flexibility index (Phi) is 5.58. The Labute approximate surface area is 160 Å². The predicted molar refractivity (Wildman–Crippen MR) is 107 cm³/mol. The Morgan fingerprint density at radius 2 is 1.96 bits per heavy atom. The molecular formula is C19H18N2O3S2. The van der Waals surface area contributed by atoms with E-state index in [1.54, 1.807) is 49.6 Å². The Balaban J connectivity index is 1.79. The van der Waals surface area contributed by atoms with Gasteiger partial charge in [0.05, 0.1) is 22.8 Å². The number of hydrogen-bond donors (Lipinski definition) is 0. The zero-order valence-electron chi connectivity index (χ0n) is 14.7. The van der Waals surface area contributed by atoms with Crippen molar-refractivity contribution in [1.82, 2.24) is 4.90 Å². The summed E-state index contributed by atoms with van der Waals surface area (Å²) in [6.45, 7) is 4.14. The zero-order chi connectivity index (χ0) is 18.7. The summed E-state index contributed by atoms with van der Waals surface area (Å²) < 4.78 is 4.97. The van der Waals surface area contributed by atoms with Crippen molar-refractivity contribution in [2.24, 2.45) is 4.99 Å². The van der Waals surface area contributed by atoms with Gasteiger partial charge in [0.25, 0.3) is 5.91 Å². The van der Waals surface area contributed by atoms with Crippen molar-refractivity contribution in [3.8, 4) is 0 Å². The van der Waals surface area contributed by atoms with Gasteiger partial charge < -0.3 is 4.74 Å². The van der Waals surface area contributed by atoms with Crippen LogP contribution in [-0.2, 0) is 9.53 Å². The van der Waals surface area contributed by atoms with Gasteiger partial charge in [-0.05, 0) is 68.1 Å². The summed E-state index contributed by atoms with van der Waals surface area (Å²) >= 11 is 2.99. The Hall–Kier alpha value is -2.38. The van der Waals surface area contributed by atoms with Crippen LogP contribution in [0.15, 0.2) is 46.3 Å². The first-order chi connectivity index (χ1) is 12.5. The number of hydrogen-bond acceptors (Lipinski definition) is 6. The molecule has 1 aliphatic rings. The molecule has 2 aromatic rings. The third-order valence-corrected chi connectivity index (χ3v) is 5.65. The number of carbonyl (C=O) groups excluding carboxylic acids is 2. The van der Waals surface area contributed by atoms with Gasteiger partial charge in [0, 0.05) is 16.8 Å². The van der Waals surface area contributed by atoms with Crippen molar-refractivity contribution >= 4 is 51.9 Å². The fourth-order valence-corrected chi connectivity index (χ4v) is 4.18. The lowest BCUT2D eigenvalue weighted by Crippen LogP contribution is -2.23. The number of likely N-dealkylation sites (N-methyl/N-ethyl adjacent to an activating group) is 1. The molecule has 0 aliphatic carbocycles. The van der Waals surface area contributed by atoms with Crippen LogP contribution >= 0.6 is 23.1 Å². The number of rotatable bonds is 4. The number of ether oxygens (including phenoxy) is 1. The highest BCUT2D eigenvalue weighted by molar-refractivity contribution is 8.18. The third kappa shape index (κ3) is 4.05. The first-order valence-corrected chi connectivity index (χ1v) is 9.71. The van der Waals surface area contributed by atoms with Gasteiger partial charge in [-0.2, -0.15) is 0 Å². The van der Waals surface area contributed by atoms with Crippen LogP contribution in [-0.4, -0.2) is 35.6 Å². The number of amides is 1. The molecule has 1 fully saturated rings. The second-order valence-corrected chi connectivity index (χ2v) is 7.91. The van der Waals surface area contributed by atoms with E-state index >= 15 is 0 Å². The number of benzene rings is 1. The van der Waals surface area contributed by atoms with E-state index in [0.717, 1.165) is 4.88 Å². The highest BCUT2D eigenvalue weighted by atomic mass is 32.2. The minimum atomic E-state index is -0.356. The molecule has 1 saturated heterocycles. The third-order valence-electron chi connectivity index (χ3n) is 3.64. The number of amidine groups is 1. The molecule has 0 N–H and O–H groups in total. The SMILES string of the molecule is CCOC(=O)c1ccc(N=C2S/C(=C\c3ccc(C)s3)C(=O)N2C)cc1. The van der Waals surface area contributed by atoms with E-state index in [-0.39, 0.29) is 11.9 Å². The average molecular weight is 386 g/mol. The highest BCUT2D eigenvalue weighted by Gasteiger charge is 2.30. The van der Waals surface area contributed by atoms with Gasteiger partial charge in [-0.3, -0.25) is 9.69 Å². The molecular weight excluding hydrogens is 368 g/mol. The van der Waals surface area contributed by atoms with Crippen LogP contribution in [0.1, 0.15) is 27.0 Å². The molecule has 5 nitrogen and oxygen atoms in total. The molecule has 0 atom stereocenters. The fourth-order valence-electron chi connectivity index (χ4n) is 2.31. The van der Waals surface area contributed by atoms with Crippen molar-refractivity contribution in [3.05, 3.63) is 56.6 Å². The maximum atomic E-state index is 12.4. The molecule has 26 heavy (non-hydrogen) atoms. The zero-order valence-corrected chi connectivity index (χ0v) is 16.3. The van der Waals surface area contributed by atoms with Crippen LogP contribution in [0, 0.1) is 6.92 Å². The van der Waals surface area contributed by atoms with Crippen LogP contribution in [0.2, 0.25) is 0 Å². The number of thiophene rings is 1. The maximum Gasteiger partial charge on any atom is 0.338 e. The minimum absolute atomic E-state index is 0.0667. The monoisotopic (exact) mass is 386 g/mol. The Morgan fingerprint density at radius 3 is 2.58 bits per heavy atom. The summed E-state index contributed by atoms with van der Waals surface area (Å²) in [6.07, 6.45) is 1.90. The molecule has 0 radical (unpaired) electrons. The van der Waals surface area contributed by atoms with Crippen LogP contribution in [0.3, 0.4) is 0 Å². The topological polar surface area (TPSA) is 59.0 Å². The number of aryl methyl sites for hydroxylation is 1. The van der Waals surface area contributed by atoms with Gasteiger partial charge in [0.1, 0.15) is 0 Å². The number of carbonyl (C=O) groups is 2. The predicted octanol–water partition coefficient (Wildman–Crippen LogP) is 4.47. The number of nitrogens with zero attached hydrogens (tertiary/aromatic N) is 2. The van der Waals surface area contributed by atoms with Crippen molar-refractivity contribution in [3.63, 3.8) is 0 Å². The lowest BCUT2D eigenvalue weighted by Gasteiger charge is -2.07. The van der Waals surface area contributed by atoms with Gasteiger partial charge in [0.15, 0.2) is 5.17 Å². The van der Waals surface area contributed by atoms with Crippen LogP contribution < -0.4 is 0 Å². The van der Waals surface area contributed by atoms with Crippen molar-refractivity contribution in [2.75, 3.05) is 13.7 Å². The van der Waals surface area contributed by atoms with Gasteiger partial charge in [-0.1, -0.05) is 0 Å². The van der Waals surface area contributed by atoms with E-state index in [0.29, 0.717) is 27.9 Å². The fraction of sp³-hybridized carbons (Fsp3) is 0.211. The first kappa shape index (κ1) is 18.4. The Morgan fingerprint density at radius 1 is 1.23 bits per heavy atom. The van der Waals surface area contributed by atoms with Gasteiger partial charge in [0.2, 0.25) is 0 Å². The molecule has 1 aromatic heterocycles. The normalized spacial score (nSPS) is 17.3. The van der Waals surface area contributed by atoms with Crippen molar-refractivity contribution in [1.29, 1.82) is 0 Å². The summed E-state index contributed by atoms with van der Waals surface area (Å²) in [5, 5.41) is 0.610. The highest BCUT2D eigenvalue weighted by Crippen LogP contribution is 2.34. The molecule has 0 bridgehead atoms. The second-order valence-electron chi connectivity index (χ2n) is 5.58. The number of thioether (sulfide) groups is 1. The standard InChI is InChI=1S/C19H18N2O3S2/c1-4-24-18(23)13-6-8-14(9-7-13)20-19-21(3)17(22)16(26-19)11-15-10-5-12(2)25-15/h5-11H,4H2,1-3H3/b16-11-,20-19?. The summed E-state index contributed by atoms with van der Waals surface area (Å²) in [4.78, 5) is 33.1. The van der Waals surface area contributed by atoms with E-state index in [4.69, 9.17) is 4.74 Å². The van der Waals surface area contributed by atoms with Gasteiger partial charge in [-0.25, -0.2) is 9.79 Å². The first-order valence-electron chi connectivity index (χ1n) is 8.08. The Bertz CT molecular complexity index is 898. The van der Waals surface area contributed by atoms with Gasteiger partial charge in [-0.15, -0.1) is 11.3 Å². The summed E-state index contributed by atoms with van der Waals surface area (Å²) in [5.41, 5.74) is 1.15. The summed E-state index contributed by atoms with van der Waals surface area (Å²) in [6, 6.07) is 10.9. The van der Waals surface area contributed by atoms with E-state index < -0.39 is 0 Å². The largest absolute Gasteiger partial charge is 0.462 e. The molecule has 1 amide bonds. The molecule has 1 aromatic carbocycles. The van der Waals surface area contributed by atoms with E-state index in [1.165, 1.54) is 21.5 Å². The van der Waals surface area contributed by atoms with Crippen LogP contribution in [0.5, 0.6) is 0 Å². The summed E-state index contributed by atoms with van der Waals surface area (Å²) in [5.74, 6) is -0.423. The molecule has 3 rings (SSSR count).